The summed E-state index contributed by atoms with van der Waals surface area (Å²) in [4.78, 5) is 0. The van der Waals surface area contributed by atoms with E-state index in [2.05, 4.69) is 44.3 Å². The van der Waals surface area contributed by atoms with Gasteiger partial charge in [0, 0.05) is 6.04 Å². The lowest BCUT2D eigenvalue weighted by atomic mass is 9.89. The molecule has 0 aliphatic rings. The van der Waals surface area contributed by atoms with Crippen molar-refractivity contribution in [3.63, 3.8) is 0 Å². The third-order valence-electron chi connectivity index (χ3n) is 4.27. The Hall–Kier alpha value is -1.02. The number of nitrogens with one attached hydrogen (secondary N) is 1. The summed E-state index contributed by atoms with van der Waals surface area (Å²) in [5.41, 5.74) is 1.37. The van der Waals surface area contributed by atoms with Crippen molar-refractivity contribution in [1.82, 2.24) is 5.32 Å². The van der Waals surface area contributed by atoms with E-state index in [0.717, 1.165) is 24.6 Å². The first-order valence-electron chi connectivity index (χ1n) is 8.59. The van der Waals surface area contributed by atoms with Crippen molar-refractivity contribution in [2.24, 2.45) is 5.92 Å². The van der Waals surface area contributed by atoms with Gasteiger partial charge < -0.3 is 10.1 Å². The van der Waals surface area contributed by atoms with E-state index in [0.29, 0.717) is 6.04 Å². The normalized spacial score (nSPS) is 13.9. The van der Waals surface area contributed by atoms with Gasteiger partial charge in [0.25, 0.3) is 0 Å². The van der Waals surface area contributed by atoms with E-state index in [-0.39, 0.29) is 0 Å². The number of benzene rings is 1. The number of ether oxygens (including phenoxy) is 1. The molecule has 0 saturated heterocycles. The van der Waals surface area contributed by atoms with Crippen molar-refractivity contribution >= 4 is 0 Å². The molecule has 1 aromatic carbocycles. The molecule has 2 nitrogen and oxygen atoms in total. The molecule has 0 amide bonds. The average molecular weight is 291 g/mol. The summed E-state index contributed by atoms with van der Waals surface area (Å²) >= 11 is 0. The molecule has 2 atom stereocenters. The maximum atomic E-state index is 5.33. The van der Waals surface area contributed by atoms with Gasteiger partial charge in [-0.05, 0) is 43.0 Å². The summed E-state index contributed by atoms with van der Waals surface area (Å²) in [5, 5.41) is 3.67. The first-order chi connectivity index (χ1) is 10.2. The standard InChI is InChI=1S/C19H33NO/c1-5-8-10-16(6-2)13-18(20-7-3)14-17-11-9-12-19(15-17)21-4/h9,11-12,15-16,18,20H,5-8,10,13-14H2,1-4H3. The minimum atomic E-state index is 0.573. The van der Waals surface area contributed by atoms with Crippen molar-refractivity contribution in [2.45, 2.75) is 65.3 Å². The zero-order valence-corrected chi connectivity index (χ0v) is 14.3. The molecular weight excluding hydrogens is 258 g/mol. The van der Waals surface area contributed by atoms with Crippen LogP contribution in [0.25, 0.3) is 0 Å². The molecule has 0 fully saturated rings. The number of hydrogen-bond acceptors (Lipinski definition) is 2. The van der Waals surface area contributed by atoms with Crippen LogP contribution in [0.15, 0.2) is 24.3 Å². The molecule has 0 aliphatic heterocycles. The number of hydrogen-bond donors (Lipinski definition) is 1. The SMILES string of the molecule is CCCCC(CC)CC(Cc1cccc(OC)c1)NCC. The minimum absolute atomic E-state index is 0.573. The van der Waals surface area contributed by atoms with Gasteiger partial charge in [-0.3, -0.25) is 0 Å². The molecule has 0 saturated carbocycles. The predicted octanol–water partition coefficient (Wildman–Crippen LogP) is 4.82. The summed E-state index contributed by atoms with van der Waals surface area (Å²) < 4.78 is 5.33. The number of rotatable bonds is 11. The van der Waals surface area contributed by atoms with Gasteiger partial charge in [0.15, 0.2) is 0 Å². The van der Waals surface area contributed by atoms with E-state index in [1.165, 1.54) is 37.7 Å². The summed E-state index contributed by atoms with van der Waals surface area (Å²) in [6.07, 6.45) is 7.69. The Morgan fingerprint density at radius 2 is 2.00 bits per heavy atom. The Morgan fingerprint density at radius 1 is 1.19 bits per heavy atom. The van der Waals surface area contributed by atoms with Gasteiger partial charge >= 0.3 is 0 Å². The van der Waals surface area contributed by atoms with Crippen LogP contribution in [0.1, 0.15) is 58.4 Å². The molecule has 2 unspecified atom stereocenters. The first-order valence-corrected chi connectivity index (χ1v) is 8.59. The van der Waals surface area contributed by atoms with Crippen LogP contribution < -0.4 is 10.1 Å². The molecule has 21 heavy (non-hydrogen) atoms. The highest BCUT2D eigenvalue weighted by atomic mass is 16.5. The van der Waals surface area contributed by atoms with Crippen LogP contribution in [0.2, 0.25) is 0 Å². The number of unbranched alkanes of at least 4 members (excludes halogenated alkanes) is 1. The van der Waals surface area contributed by atoms with Crippen molar-refractivity contribution in [1.29, 1.82) is 0 Å². The van der Waals surface area contributed by atoms with Crippen LogP contribution >= 0.6 is 0 Å². The van der Waals surface area contributed by atoms with E-state index < -0.39 is 0 Å². The third-order valence-corrected chi connectivity index (χ3v) is 4.27. The highest BCUT2D eigenvalue weighted by molar-refractivity contribution is 5.28. The Kier molecular flexibility index (Phi) is 9.16. The summed E-state index contributed by atoms with van der Waals surface area (Å²) in [5.74, 6) is 1.81. The lowest BCUT2D eigenvalue weighted by molar-refractivity contribution is 0.350. The molecule has 2 heteroatoms. The summed E-state index contributed by atoms with van der Waals surface area (Å²) in [7, 11) is 1.73. The fourth-order valence-electron chi connectivity index (χ4n) is 3.00. The van der Waals surface area contributed by atoms with Gasteiger partial charge in [-0.15, -0.1) is 0 Å². The Bertz CT molecular complexity index is 378. The smallest absolute Gasteiger partial charge is 0.119 e. The number of likely N-dealkylation sites (N-methyl/N-ethyl adjacent to an activating group) is 1. The average Bonchev–Trinajstić information content (AvgIpc) is 2.51. The molecule has 120 valence electrons. The van der Waals surface area contributed by atoms with E-state index in [9.17, 15) is 0 Å². The monoisotopic (exact) mass is 291 g/mol. The molecule has 0 spiro atoms. The van der Waals surface area contributed by atoms with Crippen LogP contribution in [0.5, 0.6) is 5.75 Å². The van der Waals surface area contributed by atoms with Crippen molar-refractivity contribution in [2.75, 3.05) is 13.7 Å². The second-order valence-corrected chi connectivity index (χ2v) is 5.96. The van der Waals surface area contributed by atoms with E-state index in [4.69, 9.17) is 4.74 Å². The fraction of sp³-hybridized carbons (Fsp3) is 0.684. The van der Waals surface area contributed by atoms with Gasteiger partial charge in [0.2, 0.25) is 0 Å². The molecule has 0 heterocycles. The molecule has 1 aromatic rings. The van der Waals surface area contributed by atoms with Gasteiger partial charge in [0.1, 0.15) is 5.75 Å². The van der Waals surface area contributed by atoms with Crippen molar-refractivity contribution < 1.29 is 4.74 Å². The highest BCUT2D eigenvalue weighted by Gasteiger charge is 2.15. The van der Waals surface area contributed by atoms with Crippen LogP contribution in [0.3, 0.4) is 0 Å². The Morgan fingerprint density at radius 3 is 2.62 bits per heavy atom. The maximum Gasteiger partial charge on any atom is 0.119 e. The topological polar surface area (TPSA) is 21.3 Å². The molecule has 0 radical (unpaired) electrons. The molecule has 1 rings (SSSR count). The van der Waals surface area contributed by atoms with Crippen molar-refractivity contribution in [3.8, 4) is 5.75 Å². The quantitative estimate of drug-likeness (QED) is 0.631. The van der Waals surface area contributed by atoms with Gasteiger partial charge in [-0.2, -0.15) is 0 Å². The Labute approximate surface area is 131 Å². The largest absolute Gasteiger partial charge is 0.497 e. The molecule has 1 N–H and O–H groups in total. The zero-order valence-electron chi connectivity index (χ0n) is 14.3. The van der Waals surface area contributed by atoms with E-state index in [1.54, 1.807) is 7.11 Å². The Balaban J connectivity index is 2.62. The second kappa shape index (κ2) is 10.7. The van der Waals surface area contributed by atoms with Crippen LogP contribution in [0, 0.1) is 5.92 Å². The zero-order chi connectivity index (χ0) is 15.5. The van der Waals surface area contributed by atoms with E-state index >= 15 is 0 Å². The summed E-state index contributed by atoms with van der Waals surface area (Å²) in [6, 6.07) is 9.05. The molecule has 0 bridgehead atoms. The van der Waals surface area contributed by atoms with Crippen LogP contribution in [-0.2, 0) is 6.42 Å². The molecular formula is C19H33NO. The maximum absolute atomic E-state index is 5.33. The van der Waals surface area contributed by atoms with Crippen molar-refractivity contribution in [3.05, 3.63) is 29.8 Å². The second-order valence-electron chi connectivity index (χ2n) is 5.96. The van der Waals surface area contributed by atoms with Crippen LogP contribution in [0.4, 0.5) is 0 Å². The van der Waals surface area contributed by atoms with Gasteiger partial charge in [-0.25, -0.2) is 0 Å². The summed E-state index contributed by atoms with van der Waals surface area (Å²) in [6.45, 7) is 7.85. The lowest BCUT2D eigenvalue weighted by Gasteiger charge is -2.24. The van der Waals surface area contributed by atoms with Crippen LogP contribution in [-0.4, -0.2) is 19.7 Å². The predicted molar refractivity (Wildman–Crippen MR) is 92.1 cm³/mol. The van der Waals surface area contributed by atoms with E-state index in [1.807, 2.05) is 6.07 Å². The first kappa shape index (κ1) is 18.0. The minimum Gasteiger partial charge on any atom is -0.497 e. The van der Waals surface area contributed by atoms with Gasteiger partial charge in [0.05, 0.1) is 7.11 Å². The lowest BCUT2D eigenvalue weighted by Crippen LogP contribution is -2.33. The third kappa shape index (κ3) is 6.99. The number of methoxy groups -OCH3 is 1. The molecule has 0 aliphatic carbocycles. The van der Waals surface area contributed by atoms with Gasteiger partial charge in [-0.1, -0.05) is 58.6 Å². The molecule has 0 aromatic heterocycles. The fourth-order valence-corrected chi connectivity index (χ4v) is 3.00. The highest BCUT2D eigenvalue weighted by Crippen LogP contribution is 2.21.